The van der Waals surface area contributed by atoms with Gasteiger partial charge >= 0.3 is 0 Å². The third kappa shape index (κ3) is 2.44. The molecule has 2 N–H and O–H groups in total. The first-order valence-corrected chi connectivity index (χ1v) is 5.74. The molecule has 0 radical (unpaired) electrons. The highest BCUT2D eigenvalue weighted by Gasteiger charge is 2.29. The third-order valence-electron chi connectivity index (χ3n) is 2.80. The van der Waals surface area contributed by atoms with Crippen molar-refractivity contribution in [1.29, 1.82) is 0 Å². The zero-order valence-corrected chi connectivity index (χ0v) is 9.69. The molecule has 1 aromatic heterocycles. The number of piperazine rings is 1. The lowest BCUT2D eigenvalue weighted by Crippen LogP contribution is -2.54. The fourth-order valence-electron chi connectivity index (χ4n) is 2.00. The Bertz CT molecular complexity index is 346. The number of hydrogen-bond acceptors (Lipinski definition) is 3. The lowest BCUT2D eigenvalue weighted by atomic mass is 10.00. The van der Waals surface area contributed by atoms with Crippen molar-refractivity contribution in [3.05, 3.63) is 24.2 Å². The van der Waals surface area contributed by atoms with Crippen molar-refractivity contribution in [1.82, 2.24) is 10.6 Å². The van der Waals surface area contributed by atoms with Crippen LogP contribution >= 0.6 is 0 Å². The van der Waals surface area contributed by atoms with Gasteiger partial charge in [-0.15, -0.1) is 0 Å². The molecule has 4 heteroatoms. The van der Waals surface area contributed by atoms with Gasteiger partial charge in [0.2, 0.25) is 5.91 Å². The molecule has 4 nitrogen and oxygen atoms in total. The zero-order chi connectivity index (χ0) is 11.5. The second-order valence-electron chi connectivity index (χ2n) is 4.67. The maximum Gasteiger partial charge on any atom is 0.237 e. The van der Waals surface area contributed by atoms with Crippen LogP contribution in [0.2, 0.25) is 0 Å². The molecule has 1 aromatic rings. The predicted octanol–water partition coefficient (Wildman–Crippen LogP) is 1.45. The lowest BCUT2D eigenvalue weighted by molar-refractivity contribution is -0.126. The summed E-state index contributed by atoms with van der Waals surface area (Å²) in [5.74, 6) is 1.40. The number of furan rings is 1. The summed E-state index contributed by atoms with van der Waals surface area (Å²) in [4.78, 5) is 11.8. The average molecular weight is 222 g/mol. The van der Waals surface area contributed by atoms with E-state index in [1.165, 1.54) is 0 Å². The normalized spacial score (nSPS) is 25.8. The Hall–Kier alpha value is -1.29. The van der Waals surface area contributed by atoms with Gasteiger partial charge in [0.25, 0.3) is 0 Å². The van der Waals surface area contributed by atoms with Gasteiger partial charge in [-0.3, -0.25) is 4.79 Å². The third-order valence-corrected chi connectivity index (χ3v) is 2.80. The summed E-state index contributed by atoms with van der Waals surface area (Å²) >= 11 is 0. The number of carbonyl (C=O) groups is 1. The Morgan fingerprint density at radius 3 is 2.94 bits per heavy atom. The first-order chi connectivity index (χ1) is 7.66. The topological polar surface area (TPSA) is 54.3 Å². The first-order valence-electron chi connectivity index (χ1n) is 5.74. The van der Waals surface area contributed by atoms with Crippen molar-refractivity contribution in [2.24, 2.45) is 5.92 Å². The Morgan fingerprint density at radius 2 is 2.38 bits per heavy atom. The van der Waals surface area contributed by atoms with Gasteiger partial charge in [-0.05, 0) is 24.5 Å². The van der Waals surface area contributed by atoms with Crippen LogP contribution in [-0.2, 0) is 4.79 Å². The van der Waals surface area contributed by atoms with Crippen LogP contribution in [0.4, 0.5) is 0 Å². The molecule has 1 unspecified atom stereocenters. The fraction of sp³-hybridized carbons (Fsp3) is 0.583. The maximum atomic E-state index is 11.8. The van der Waals surface area contributed by atoms with E-state index in [2.05, 4.69) is 24.5 Å². The molecule has 0 saturated carbocycles. The van der Waals surface area contributed by atoms with E-state index in [1.807, 2.05) is 12.1 Å². The molecule has 0 aromatic carbocycles. The Morgan fingerprint density at radius 1 is 1.56 bits per heavy atom. The van der Waals surface area contributed by atoms with Crippen LogP contribution in [-0.4, -0.2) is 18.5 Å². The van der Waals surface area contributed by atoms with E-state index in [1.54, 1.807) is 6.26 Å². The van der Waals surface area contributed by atoms with Gasteiger partial charge in [0.05, 0.1) is 18.3 Å². The van der Waals surface area contributed by atoms with E-state index in [0.717, 1.165) is 18.7 Å². The van der Waals surface area contributed by atoms with E-state index in [4.69, 9.17) is 4.42 Å². The van der Waals surface area contributed by atoms with Crippen molar-refractivity contribution in [3.63, 3.8) is 0 Å². The van der Waals surface area contributed by atoms with Crippen LogP contribution in [0.5, 0.6) is 0 Å². The van der Waals surface area contributed by atoms with Crippen molar-refractivity contribution in [3.8, 4) is 0 Å². The van der Waals surface area contributed by atoms with Gasteiger partial charge < -0.3 is 15.1 Å². The van der Waals surface area contributed by atoms with Crippen LogP contribution in [0.1, 0.15) is 32.1 Å². The molecule has 0 spiro atoms. The SMILES string of the molecule is CC(C)CC1NC[C@@H](c2ccco2)NC1=O. The maximum absolute atomic E-state index is 11.8. The van der Waals surface area contributed by atoms with Crippen LogP contribution < -0.4 is 10.6 Å². The summed E-state index contributed by atoms with van der Waals surface area (Å²) in [6.45, 7) is 4.97. The summed E-state index contributed by atoms with van der Waals surface area (Å²) in [5, 5.41) is 6.25. The lowest BCUT2D eigenvalue weighted by Gasteiger charge is -2.30. The molecule has 2 heterocycles. The number of nitrogens with one attached hydrogen (secondary N) is 2. The van der Waals surface area contributed by atoms with Crippen molar-refractivity contribution in [2.75, 3.05) is 6.54 Å². The predicted molar refractivity (Wildman–Crippen MR) is 60.8 cm³/mol. The Labute approximate surface area is 95.4 Å². The molecular weight excluding hydrogens is 204 g/mol. The molecular formula is C12H18N2O2. The van der Waals surface area contributed by atoms with Gasteiger partial charge in [0.15, 0.2) is 0 Å². The molecule has 2 atom stereocenters. The number of amides is 1. The largest absolute Gasteiger partial charge is 0.467 e. The minimum Gasteiger partial charge on any atom is -0.467 e. The summed E-state index contributed by atoms with van der Waals surface area (Å²) < 4.78 is 5.28. The minimum absolute atomic E-state index is 0.0362. The van der Waals surface area contributed by atoms with E-state index < -0.39 is 0 Å². The zero-order valence-electron chi connectivity index (χ0n) is 9.69. The smallest absolute Gasteiger partial charge is 0.237 e. The second-order valence-corrected chi connectivity index (χ2v) is 4.67. The summed E-state index contributed by atoms with van der Waals surface area (Å²) in [6, 6.07) is 3.62. The molecule has 2 rings (SSSR count). The van der Waals surface area contributed by atoms with Gasteiger partial charge in [-0.1, -0.05) is 13.8 Å². The van der Waals surface area contributed by atoms with Crippen molar-refractivity contribution < 1.29 is 9.21 Å². The van der Waals surface area contributed by atoms with E-state index in [9.17, 15) is 4.79 Å². The number of rotatable bonds is 3. The molecule has 0 bridgehead atoms. The molecule has 1 amide bonds. The Balaban J connectivity index is 1.95. The molecule has 16 heavy (non-hydrogen) atoms. The fourth-order valence-corrected chi connectivity index (χ4v) is 2.00. The van der Waals surface area contributed by atoms with Gasteiger partial charge in [0, 0.05) is 6.54 Å². The van der Waals surface area contributed by atoms with Crippen LogP contribution in [0.15, 0.2) is 22.8 Å². The van der Waals surface area contributed by atoms with Gasteiger partial charge in [0.1, 0.15) is 5.76 Å². The van der Waals surface area contributed by atoms with Crippen LogP contribution in [0, 0.1) is 5.92 Å². The summed E-state index contributed by atoms with van der Waals surface area (Å²) in [6.07, 6.45) is 2.50. The van der Waals surface area contributed by atoms with Gasteiger partial charge in [-0.2, -0.15) is 0 Å². The molecule has 1 aliphatic rings. The van der Waals surface area contributed by atoms with Crippen molar-refractivity contribution in [2.45, 2.75) is 32.4 Å². The quantitative estimate of drug-likeness (QED) is 0.814. The van der Waals surface area contributed by atoms with E-state index >= 15 is 0 Å². The van der Waals surface area contributed by atoms with E-state index in [0.29, 0.717) is 5.92 Å². The van der Waals surface area contributed by atoms with Crippen LogP contribution in [0.25, 0.3) is 0 Å². The molecule has 88 valence electrons. The molecule has 0 aliphatic carbocycles. The molecule has 1 fully saturated rings. The Kier molecular flexibility index (Phi) is 3.29. The monoisotopic (exact) mass is 222 g/mol. The highest BCUT2D eigenvalue weighted by Crippen LogP contribution is 2.17. The molecule has 1 aliphatic heterocycles. The average Bonchev–Trinajstić information content (AvgIpc) is 2.73. The number of carbonyl (C=O) groups excluding carboxylic acids is 1. The van der Waals surface area contributed by atoms with Crippen molar-refractivity contribution >= 4 is 5.91 Å². The van der Waals surface area contributed by atoms with Gasteiger partial charge in [-0.25, -0.2) is 0 Å². The first kappa shape index (κ1) is 11.2. The van der Waals surface area contributed by atoms with E-state index in [-0.39, 0.29) is 18.0 Å². The number of hydrogen-bond donors (Lipinski definition) is 2. The minimum atomic E-state index is -0.0637. The highest BCUT2D eigenvalue weighted by molar-refractivity contribution is 5.82. The highest BCUT2D eigenvalue weighted by atomic mass is 16.3. The summed E-state index contributed by atoms with van der Waals surface area (Å²) in [5.41, 5.74) is 0. The second kappa shape index (κ2) is 4.70. The summed E-state index contributed by atoms with van der Waals surface area (Å²) in [7, 11) is 0. The molecule has 1 saturated heterocycles. The standard InChI is InChI=1S/C12H18N2O2/c1-8(2)6-9-12(15)14-10(7-13-9)11-4-3-5-16-11/h3-5,8-10,13H,6-7H2,1-2H3,(H,14,15)/t9?,10-/m0/s1. The van der Waals surface area contributed by atoms with Crippen LogP contribution in [0.3, 0.4) is 0 Å².